The van der Waals surface area contributed by atoms with Crippen molar-refractivity contribution in [1.29, 1.82) is 0 Å². The first-order chi connectivity index (χ1) is 12.0. The van der Waals surface area contributed by atoms with Crippen LogP contribution in [-0.2, 0) is 0 Å². The van der Waals surface area contributed by atoms with Crippen LogP contribution >= 0.6 is 0 Å². The second kappa shape index (κ2) is 16.9. The van der Waals surface area contributed by atoms with E-state index in [1.54, 1.807) is 16.7 Å². The van der Waals surface area contributed by atoms with Gasteiger partial charge in [0, 0.05) is 0 Å². The molecule has 0 aliphatic rings. The van der Waals surface area contributed by atoms with Crippen molar-refractivity contribution in [2.75, 3.05) is 0 Å². The Morgan fingerprint density at radius 1 is 0.520 bits per heavy atom. The van der Waals surface area contributed by atoms with Crippen molar-refractivity contribution < 1.29 is 0 Å². The SMILES string of the molecule is CCCCCC(C)=C[SiH](C=C(C)CCCCC)C=C(C)CCCCC. The van der Waals surface area contributed by atoms with Crippen LogP contribution in [0.2, 0.25) is 0 Å². The second-order valence-electron chi connectivity index (χ2n) is 7.99. The Balaban J connectivity index is 4.93. The number of unbranched alkanes of at least 4 members (excludes halogenated alkanes) is 6. The standard InChI is InChI=1S/C24H46Si/c1-7-10-13-16-22(4)19-25(20-23(5)17-14-11-8-2)21-24(6)18-15-12-9-3/h19-21,25H,7-18H2,1-6H3. The largest absolute Gasteiger partial charge is 0.109 e. The maximum absolute atomic E-state index is 2.66. The van der Waals surface area contributed by atoms with Gasteiger partial charge in [-0.3, -0.25) is 0 Å². The number of allylic oxidation sites excluding steroid dienone is 3. The molecule has 0 rings (SSSR count). The molecule has 0 aliphatic carbocycles. The van der Waals surface area contributed by atoms with E-state index >= 15 is 0 Å². The molecule has 0 bridgehead atoms. The monoisotopic (exact) mass is 362 g/mol. The summed E-state index contributed by atoms with van der Waals surface area (Å²) in [6.45, 7) is 14.0. The van der Waals surface area contributed by atoms with Gasteiger partial charge in [-0.2, -0.15) is 0 Å². The van der Waals surface area contributed by atoms with Gasteiger partial charge in [0.2, 0.25) is 0 Å². The molecular formula is C24H46Si. The Labute approximate surface area is 161 Å². The summed E-state index contributed by atoms with van der Waals surface area (Å²) in [5.74, 6) is 0. The highest BCUT2D eigenvalue weighted by atomic mass is 28.3. The van der Waals surface area contributed by atoms with Crippen molar-refractivity contribution in [3.8, 4) is 0 Å². The summed E-state index contributed by atoms with van der Waals surface area (Å²) in [5.41, 5.74) is 12.8. The van der Waals surface area contributed by atoms with E-state index in [2.05, 4.69) is 58.6 Å². The normalized spacial score (nSPS) is 14.9. The number of hydrogen-bond acceptors (Lipinski definition) is 0. The van der Waals surface area contributed by atoms with Crippen LogP contribution < -0.4 is 0 Å². The van der Waals surface area contributed by atoms with Crippen LogP contribution in [0, 0.1) is 0 Å². The van der Waals surface area contributed by atoms with Gasteiger partial charge >= 0.3 is 0 Å². The maximum Gasteiger partial charge on any atom is 0.109 e. The molecule has 0 saturated heterocycles. The fraction of sp³-hybridized carbons (Fsp3) is 0.750. The summed E-state index contributed by atoms with van der Waals surface area (Å²) < 4.78 is 0. The van der Waals surface area contributed by atoms with Gasteiger partial charge in [-0.1, -0.05) is 93.1 Å². The molecule has 0 atom stereocenters. The molecule has 0 unspecified atom stereocenters. The van der Waals surface area contributed by atoms with Crippen molar-refractivity contribution in [3.05, 3.63) is 33.8 Å². The first-order valence-corrected chi connectivity index (χ1v) is 13.0. The Bertz CT molecular complexity index is 339. The molecule has 0 saturated carbocycles. The van der Waals surface area contributed by atoms with E-state index in [1.807, 2.05) is 0 Å². The Hall–Kier alpha value is -0.563. The number of rotatable bonds is 15. The van der Waals surface area contributed by atoms with Gasteiger partial charge in [-0.05, 0) is 59.3 Å². The molecule has 0 aromatic rings. The molecule has 0 aromatic carbocycles. The molecule has 0 fully saturated rings. The third-order valence-electron chi connectivity index (χ3n) is 4.95. The molecule has 0 heterocycles. The molecule has 0 aromatic heterocycles. The third-order valence-corrected chi connectivity index (χ3v) is 7.82. The topological polar surface area (TPSA) is 0 Å². The zero-order valence-electron chi connectivity index (χ0n) is 18.3. The van der Waals surface area contributed by atoms with Crippen molar-refractivity contribution in [1.82, 2.24) is 0 Å². The third kappa shape index (κ3) is 15.4. The predicted octanol–water partition coefficient (Wildman–Crippen LogP) is 8.41. The fourth-order valence-corrected chi connectivity index (χ4v) is 6.10. The van der Waals surface area contributed by atoms with Crippen molar-refractivity contribution in [2.24, 2.45) is 0 Å². The van der Waals surface area contributed by atoms with E-state index in [-0.39, 0.29) is 0 Å². The van der Waals surface area contributed by atoms with Crippen LogP contribution in [0.25, 0.3) is 0 Å². The second-order valence-corrected chi connectivity index (χ2v) is 10.1. The van der Waals surface area contributed by atoms with E-state index < -0.39 is 8.80 Å². The minimum atomic E-state index is -1.05. The van der Waals surface area contributed by atoms with Crippen LogP contribution in [-0.4, -0.2) is 8.80 Å². The first-order valence-electron chi connectivity index (χ1n) is 11.0. The number of hydrogen-bond donors (Lipinski definition) is 0. The lowest BCUT2D eigenvalue weighted by molar-refractivity contribution is 0.712. The lowest BCUT2D eigenvalue weighted by Gasteiger charge is -2.10. The minimum absolute atomic E-state index is 1.05. The predicted molar refractivity (Wildman–Crippen MR) is 121 cm³/mol. The summed E-state index contributed by atoms with van der Waals surface area (Å²) in [5, 5.41) is 0. The van der Waals surface area contributed by atoms with Gasteiger partial charge in [0.05, 0.1) is 0 Å². The Morgan fingerprint density at radius 3 is 1.04 bits per heavy atom. The average molecular weight is 363 g/mol. The smallest absolute Gasteiger partial charge is 0.0908 e. The van der Waals surface area contributed by atoms with Gasteiger partial charge in [0.1, 0.15) is 8.80 Å². The Morgan fingerprint density at radius 2 is 0.800 bits per heavy atom. The lowest BCUT2D eigenvalue weighted by atomic mass is 10.1. The summed E-state index contributed by atoms with van der Waals surface area (Å²) in [7, 11) is -1.05. The van der Waals surface area contributed by atoms with E-state index in [0.717, 1.165) is 0 Å². The highest BCUT2D eigenvalue weighted by Crippen LogP contribution is 2.15. The highest BCUT2D eigenvalue weighted by molar-refractivity contribution is 6.74. The van der Waals surface area contributed by atoms with Crippen LogP contribution in [0.4, 0.5) is 0 Å². The molecule has 0 aliphatic heterocycles. The molecule has 25 heavy (non-hydrogen) atoms. The maximum atomic E-state index is 2.66. The van der Waals surface area contributed by atoms with E-state index in [9.17, 15) is 0 Å². The summed E-state index contributed by atoms with van der Waals surface area (Å²) in [4.78, 5) is 0. The van der Waals surface area contributed by atoms with Gasteiger partial charge in [0.25, 0.3) is 0 Å². The quantitative estimate of drug-likeness (QED) is 0.202. The zero-order valence-corrected chi connectivity index (χ0v) is 19.4. The van der Waals surface area contributed by atoms with E-state index in [0.29, 0.717) is 0 Å². The molecule has 0 N–H and O–H groups in total. The zero-order chi connectivity index (χ0) is 18.9. The van der Waals surface area contributed by atoms with Gasteiger partial charge in [-0.25, -0.2) is 0 Å². The highest BCUT2D eigenvalue weighted by Gasteiger charge is 2.05. The van der Waals surface area contributed by atoms with Crippen molar-refractivity contribution >= 4 is 8.80 Å². The molecule has 0 radical (unpaired) electrons. The van der Waals surface area contributed by atoms with Gasteiger partial charge < -0.3 is 0 Å². The van der Waals surface area contributed by atoms with E-state index in [1.165, 1.54) is 77.0 Å². The fourth-order valence-electron chi connectivity index (χ4n) is 3.34. The Kier molecular flexibility index (Phi) is 16.5. The molecular weight excluding hydrogens is 316 g/mol. The molecule has 0 spiro atoms. The summed E-state index contributed by atoms with van der Waals surface area (Å²) in [6.07, 6.45) is 16.0. The van der Waals surface area contributed by atoms with Gasteiger partial charge in [-0.15, -0.1) is 0 Å². The average Bonchev–Trinajstić information content (AvgIpc) is 2.55. The van der Waals surface area contributed by atoms with E-state index in [4.69, 9.17) is 0 Å². The van der Waals surface area contributed by atoms with Gasteiger partial charge in [0.15, 0.2) is 0 Å². The van der Waals surface area contributed by atoms with Crippen LogP contribution in [0.1, 0.15) is 119 Å². The first kappa shape index (κ1) is 24.4. The van der Waals surface area contributed by atoms with Crippen LogP contribution in [0.15, 0.2) is 33.8 Å². The summed E-state index contributed by atoms with van der Waals surface area (Å²) >= 11 is 0. The van der Waals surface area contributed by atoms with Crippen LogP contribution in [0.3, 0.4) is 0 Å². The summed E-state index contributed by atoms with van der Waals surface area (Å²) in [6, 6.07) is 0. The molecule has 0 nitrogen and oxygen atoms in total. The molecule has 0 amide bonds. The van der Waals surface area contributed by atoms with Crippen molar-refractivity contribution in [3.63, 3.8) is 0 Å². The lowest BCUT2D eigenvalue weighted by Crippen LogP contribution is -2.06. The van der Waals surface area contributed by atoms with Crippen LogP contribution in [0.5, 0.6) is 0 Å². The molecule has 1 heteroatoms. The minimum Gasteiger partial charge on any atom is -0.0908 e. The van der Waals surface area contributed by atoms with Crippen molar-refractivity contribution in [2.45, 2.75) is 119 Å². The molecule has 146 valence electrons.